The highest BCUT2D eigenvalue weighted by atomic mass is 16.5. The van der Waals surface area contributed by atoms with E-state index in [4.69, 9.17) is 9.47 Å². The topological polar surface area (TPSA) is 35.5 Å². The number of ether oxygens (including phenoxy) is 2. The first-order valence-corrected chi connectivity index (χ1v) is 5.39. The van der Waals surface area contributed by atoms with Crippen LogP contribution in [0, 0.1) is 0 Å². The maximum atomic E-state index is 11.5. The maximum absolute atomic E-state index is 11.5. The van der Waals surface area contributed by atoms with Gasteiger partial charge in [0.05, 0.1) is 12.7 Å². The van der Waals surface area contributed by atoms with Gasteiger partial charge in [0.15, 0.2) is 0 Å². The van der Waals surface area contributed by atoms with Gasteiger partial charge in [0.2, 0.25) is 0 Å². The third kappa shape index (κ3) is 2.54. The molecule has 0 aromatic rings. The van der Waals surface area contributed by atoms with Crippen molar-refractivity contribution in [3.8, 4) is 0 Å². The number of esters is 1. The molecule has 1 heterocycles. The Labute approximate surface area is 96.4 Å². The van der Waals surface area contributed by atoms with Gasteiger partial charge in [-0.05, 0) is 12.0 Å². The van der Waals surface area contributed by atoms with Crippen molar-refractivity contribution >= 4 is 5.97 Å². The smallest absolute Gasteiger partial charge is 0.337 e. The zero-order valence-corrected chi connectivity index (χ0v) is 9.91. The standard InChI is InChI=1S/C13H18O3/c1-5-7-9(3)12-8-10(13(14)15-4)11(6-2)16-12/h5,12H,1,3,6-8H2,2,4H3. The molecule has 0 saturated carbocycles. The third-order valence-electron chi connectivity index (χ3n) is 2.63. The van der Waals surface area contributed by atoms with E-state index < -0.39 is 0 Å². The van der Waals surface area contributed by atoms with Gasteiger partial charge >= 0.3 is 5.97 Å². The Balaban J connectivity index is 2.74. The summed E-state index contributed by atoms with van der Waals surface area (Å²) in [6.45, 7) is 9.55. The molecule has 3 heteroatoms. The molecule has 0 fully saturated rings. The molecule has 1 rings (SSSR count). The highest BCUT2D eigenvalue weighted by molar-refractivity contribution is 5.89. The SMILES string of the molecule is C=CCC(=C)C1CC(C(=O)OC)=C(CC)O1. The second kappa shape index (κ2) is 5.54. The van der Waals surface area contributed by atoms with Crippen LogP contribution in [-0.4, -0.2) is 19.2 Å². The molecule has 0 aliphatic carbocycles. The molecule has 0 aromatic heterocycles. The molecule has 0 amide bonds. The molecule has 1 aliphatic heterocycles. The van der Waals surface area contributed by atoms with Crippen LogP contribution in [0.4, 0.5) is 0 Å². The predicted molar refractivity (Wildman–Crippen MR) is 62.8 cm³/mol. The Morgan fingerprint density at radius 2 is 2.38 bits per heavy atom. The van der Waals surface area contributed by atoms with Crippen LogP contribution in [0.15, 0.2) is 36.1 Å². The summed E-state index contributed by atoms with van der Waals surface area (Å²) >= 11 is 0. The Kier molecular flexibility index (Phi) is 4.35. The van der Waals surface area contributed by atoms with Crippen LogP contribution in [0.2, 0.25) is 0 Å². The Hall–Kier alpha value is -1.51. The summed E-state index contributed by atoms with van der Waals surface area (Å²) < 4.78 is 10.4. The highest BCUT2D eigenvalue weighted by Gasteiger charge is 2.30. The summed E-state index contributed by atoms with van der Waals surface area (Å²) in [6.07, 6.45) is 3.64. The summed E-state index contributed by atoms with van der Waals surface area (Å²) in [5.41, 5.74) is 1.58. The Morgan fingerprint density at radius 1 is 1.69 bits per heavy atom. The quantitative estimate of drug-likeness (QED) is 0.530. The van der Waals surface area contributed by atoms with Crippen molar-refractivity contribution in [2.75, 3.05) is 7.11 Å². The Bertz CT molecular complexity index is 339. The lowest BCUT2D eigenvalue weighted by Gasteiger charge is -2.13. The van der Waals surface area contributed by atoms with Gasteiger partial charge in [-0.1, -0.05) is 19.6 Å². The molecule has 16 heavy (non-hydrogen) atoms. The van der Waals surface area contributed by atoms with Crippen molar-refractivity contribution in [2.24, 2.45) is 0 Å². The summed E-state index contributed by atoms with van der Waals surface area (Å²) in [4.78, 5) is 11.5. The minimum atomic E-state index is -0.300. The molecule has 0 aromatic carbocycles. The van der Waals surface area contributed by atoms with Crippen molar-refractivity contribution in [3.05, 3.63) is 36.1 Å². The predicted octanol–water partition coefficient (Wildman–Crippen LogP) is 2.74. The van der Waals surface area contributed by atoms with Gasteiger partial charge in [-0.2, -0.15) is 0 Å². The molecule has 3 nitrogen and oxygen atoms in total. The van der Waals surface area contributed by atoms with Gasteiger partial charge in [-0.25, -0.2) is 4.79 Å². The summed E-state index contributed by atoms with van der Waals surface area (Å²) in [7, 11) is 1.38. The molecule has 0 saturated heterocycles. The molecular weight excluding hydrogens is 204 g/mol. The van der Waals surface area contributed by atoms with Gasteiger partial charge in [-0.15, -0.1) is 6.58 Å². The third-order valence-corrected chi connectivity index (χ3v) is 2.63. The average molecular weight is 222 g/mol. The number of carbonyl (C=O) groups excluding carboxylic acids is 1. The maximum Gasteiger partial charge on any atom is 0.337 e. The number of hydrogen-bond donors (Lipinski definition) is 0. The van der Waals surface area contributed by atoms with E-state index >= 15 is 0 Å². The monoisotopic (exact) mass is 222 g/mol. The fourth-order valence-corrected chi connectivity index (χ4v) is 1.75. The molecule has 0 N–H and O–H groups in total. The van der Waals surface area contributed by atoms with Crippen molar-refractivity contribution in [3.63, 3.8) is 0 Å². The molecule has 1 unspecified atom stereocenters. The van der Waals surface area contributed by atoms with Gasteiger partial charge in [0.1, 0.15) is 11.9 Å². The zero-order valence-electron chi connectivity index (χ0n) is 9.91. The summed E-state index contributed by atoms with van der Waals surface area (Å²) in [5, 5.41) is 0. The first-order valence-electron chi connectivity index (χ1n) is 5.39. The lowest BCUT2D eigenvalue weighted by molar-refractivity contribution is -0.136. The van der Waals surface area contributed by atoms with Crippen LogP contribution in [0.5, 0.6) is 0 Å². The van der Waals surface area contributed by atoms with E-state index in [1.54, 1.807) is 6.08 Å². The second-order valence-electron chi connectivity index (χ2n) is 3.71. The number of allylic oxidation sites excluding steroid dienone is 2. The van der Waals surface area contributed by atoms with Gasteiger partial charge in [0.25, 0.3) is 0 Å². The summed E-state index contributed by atoms with van der Waals surface area (Å²) in [6, 6.07) is 0. The first kappa shape index (κ1) is 12.6. The fraction of sp³-hybridized carbons (Fsp3) is 0.462. The van der Waals surface area contributed by atoms with Crippen molar-refractivity contribution in [1.29, 1.82) is 0 Å². The van der Waals surface area contributed by atoms with Gasteiger partial charge in [-0.3, -0.25) is 0 Å². The van der Waals surface area contributed by atoms with Crippen LogP contribution in [0.1, 0.15) is 26.2 Å². The van der Waals surface area contributed by atoms with Gasteiger partial charge in [0, 0.05) is 12.8 Å². The fourth-order valence-electron chi connectivity index (χ4n) is 1.75. The van der Waals surface area contributed by atoms with Crippen molar-refractivity contribution < 1.29 is 14.3 Å². The van der Waals surface area contributed by atoms with Crippen LogP contribution >= 0.6 is 0 Å². The number of methoxy groups -OCH3 is 1. The van der Waals surface area contributed by atoms with Crippen molar-refractivity contribution in [2.45, 2.75) is 32.3 Å². The largest absolute Gasteiger partial charge is 0.490 e. The second-order valence-corrected chi connectivity index (χ2v) is 3.71. The van der Waals surface area contributed by atoms with Crippen LogP contribution in [0.3, 0.4) is 0 Å². The van der Waals surface area contributed by atoms with E-state index in [0.29, 0.717) is 24.8 Å². The molecule has 88 valence electrons. The average Bonchev–Trinajstić information content (AvgIpc) is 2.72. The van der Waals surface area contributed by atoms with Crippen LogP contribution in [0.25, 0.3) is 0 Å². The van der Waals surface area contributed by atoms with E-state index in [-0.39, 0.29) is 12.1 Å². The van der Waals surface area contributed by atoms with E-state index in [1.807, 2.05) is 6.92 Å². The van der Waals surface area contributed by atoms with E-state index in [9.17, 15) is 4.79 Å². The molecule has 1 atom stereocenters. The Morgan fingerprint density at radius 3 is 2.88 bits per heavy atom. The molecule has 0 spiro atoms. The molecular formula is C13H18O3. The normalized spacial score (nSPS) is 19.2. The van der Waals surface area contributed by atoms with Crippen LogP contribution in [-0.2, 0) is 14.3 Å². The highest BCUT2D eigenvalue weighted by Crippen LogP contribution is 2.32. The molecule has 0 bridgehead atoms. The number of hydrogen-bond acceptors (Lipinski definition) is 3. The summed E-state index contributed by atoms with van der Waals surface area (Å²) in [5.74, 6) is 0.424. The number of rotatable bonds is 5. The van der Waals surface area contributed by atoms with Gasteiger partial charge < -0.3 is 9.47 Å². The lowest BCUT2D eigenvalue weighted by Crippen LogP contribution is -2.10. The van der Waals surface area contributed by atoms with Crippen molar-refractivity contribution in [1.82, 2.24) is 0 Å². The molecule has 1 aliphatic rings. The van der Waals surface area contributed by atoms with E-state index in [0.717, 1.165) is 11.3 Å². The zero-order chi connectivity index (χ0) is 12.1. The van der Waals surface area contributed by atoms with E-state index in [2.05, 4.69) is 13.2 Å². The first-order chi connectivity index (χ1) is 7.63. The van der Waals surface area contributed by atoms with Crippen LogP contribution < -0.4 is 0 Å². The lowest BCUT2D eigenvalue weighted by atomic mass is 10.0. The molecule has 0 radical (unpaired) electrons. The minimum absolute atomic E-state index is 0.109. The van der Waals surface area contributed by atoms with E-state index in [1.165, 1.54) is 7.11 Å². The number of carbonyl (C=O) groups is 1. The minimum Gasteiger partial charge on any atom is -0.490 e.